The summed E-state index contributed by atoms with van der Waals surface area (Å²) in [5, 5.41) is 3.07. The predicted molar refractivity (Wildman–Crippen MR) is 66.1 cm³/mol. The van der Waals surface area contributed by atoms with Gasteiger partial charge in [0.1, 0.15) is 5.75 Å². The zero-order valence-corrected chi connectivity index (χ0v) is 10.1. The van der Waals surface area contributed by atoms with E-state index in [2.05, 4.69) is 5.32 Å². The van der Waals surface area contributed by atoms with Gasteiger partial charge in [0.25, 0.3) is 0 Å². The Balaban J connectivity index is 1.94. The molecule has 1 amide bonds. The number of nitrogens with one attached hydrogen (secondary N) is 1. The van der Waals surface area contributed by atoms with E-state index >= 15 is 0 Å². The van der Waals surface area contributed by atoms with Gasteiger partial charge in [-0.05, 0) is 18.1 Å². The average Bonchev–Trinajstić information content (AvgIpc) is 2.38. The number of para-hydroxylation sites is 1. The molecule has 1 saturated heterocycles. The molecule has 1 aliphatic rings. The molecule has 0 radical (unpaired) electrons. The summed E-state index contributed by atoms with van der Waals surface area (Å²) in [6, 6.07) is 7.95. The molecule has 17 heavy (non-hydrogen) atoms. The highest BCUT2D eigenvalue weighted by Gasteiger charge is 2.17. The standard InChI is InChI=1S/C13H18N2O2/c1-17-12-5-3-2-4-11(12)6-8-15-9-7-14-10-13(15)16/h2-5,14H,6-10H2,1H3. The number of carbonyl (C=O) groups excluding carboxylic acids is 1. The summed E-state index contributed by atoms with van der Waals surface area (Å²) in [7, 11) is 1.68. The number of carbonyl (C=O) groups is 1. The fraction of sp³-hybridized carbons (Fsp3) is 0.462. The maximum absolute atomic E-state index is 11.6. The van der Waals surface area contributed by atoms with Crippen molar-refractivity contribution in [3.63, 3.8) is 0 Å². The Morgan fingerprint density at radius 1 is 1.41 bits per heavy atom. The summed E-state index contributed by atoms with van der Waals surface area (Å²) in [5.41, 5.74) is 1.15. The number of rotatable bonds is 4. The van der Waals surface area contributed by atoms with Crippen LogP contribution in [-0.2, 0) is 11.2 Å². The molecule has 0 saturated carbocycles. The van der Waals surface area contributed by atoms with Crippen molar-refractivity contribution < 1.29 is 9.53 Å². The lowest BCUT2D eigenvalue weighted by Gasteiger charge is -2.27. The Kier molecular flexibility index (Phi) is 3.98. The van der Waals surface area contributed by atoms with E-state index in [0.717, 1.165) is 37.4 Å². The summed E-state index contributed by atoms with van der Waals surface area (Å²) in [6.07, 6.45) is 0.843. The highest BCUT2D eigenvalue weighted by Crippen LogP contribution is 2.18. The first kappa shape index (κ1) is 11.9. The lowest BCUT2D eigenvalue weighted by atomic mass is 10.1. The minimum absolute atomic E-state index is 0.186. The summed E-state index contributed by atoms with van der Waals surface area (Å²) in [4.78, 5) is 13.5. The van der Waals surface area contributed by atoms with Crippen molar-refractivity contribution in [2.45, 2.75) is 6.42 Å². The fourth-order valence-electron chi connectivity index (χ4n) is 2.05. The Labute approximate surface area is 102 Å². The normalized spacial score (nSPS) is 16.1. The number of hydrogen-bond acceptors (Lipinski definition) is 3. The van der Waals surface area contributed by atoms with Gasteiger partial charge < -0.3 is 15.0 Å². The summed E-state index contributed by atoms with van der Waals surface area (Å²) >= 11 is 0. The zero-order valence-electron chi connectivity index (χ0n) is 10.1. The number of nitrogens with zero attached hydrogens (tertiary/aromatic N) is 1. The molecule has 0 bridgehead atoms. The van der Waals surface area contributed by atoms with Gasteiger partial charge >= 0.3 is 0 Å². The lowest BCUT2D eigenvalue weighted by molar-refractivity contribution is -0.131. The maximum Gasteiger partial charge on any atom is 0.236 e. The quantitative estimate of drug-likeness (QED) is 0.832. The minimum Gasteiger partial charge on any atom is -0.496 e. The molecular weight excluding hydrogens is 216 g/mol. The molecule has 4 heteroatoms. The second-order valence-electron chi connectivity index (χ2n) is 4.12. The van der Waals surface area contributed by atoms with E-state index in [-0.39, 0.29) is 5.91 Å². The van der Waals surface area contributed by atoms with Gasteiger partial charge in [0.2, 0.25) is 5.91 Å². The van der Waals surface area contributed by atoms with E-state index in [1.807, 2.05) is 29.2 Å². The molecule has 1 N–H and O–H groups in total. The van der Waals surface area contributed by atoms with E-state index in [1.54, 1.807) is 7.11 Å². The molecule has 0 aliphatic carbocycles. The topological polar surface area (TPSA) is 41.6 Å². The molecule has 92 valence electrons. The van der Waals surface area contributed by atoms with Crippen molar-refractivity contribution in [3.05, 3.63) is 29.8 Å². The monoisotopic (exact) mass is 234 g/mol. The molecule has 1 aromatic carbocycles. The molecule has 0 unspecified atom stereocenters. The van der Waals surface area contributed by atoms with Gasteiger partial charge in [0.05, 0.1) is 13.7 Å². The molecule has 0 aromatic heterocycles. The van der Waals surface area contributed by atoms with Crippen LogP contribution in [0, 0.1) is 0 Å². The van der Waals surface area contributed by atoms with Gasteiger partial charge in [-0.1, -0.05) is 18.2 Å². The number of benzene rings is 1. The third-order valence-electron chi connectivity index (χ3n) is 3.03. The number of methoxy groups -OCH3 is 1. The van der Waals surface area contributed by atoms with Crippen molar-refractivity contribution in [1.29, 1.82) is 0 Å². The summed E-state index contributed by atoms with van der Waals surface area (Å²) in [5.74, 6) is 1.08. The van der Waals surface area contributed by atoms with Crippen molar-refractivity contribution in [2.75, 3.05) is 33.3 Å². The first-order valence-corrected chi connectivity index (χ1v) is 5.91. The molecule has 0 atom stereocenters. The Morgan fingerprint density at radius 2 is 2.24 bits per heavy atom. The molecular formula is C13H18N2O2. The van der Waals surface area contributed by atoms with Crippen LogP contribution in [0.25, 0.3) is 0 Å². The van der Waals surface area contributed by atoms with E-state index < -0.39 is 0 Å². The lowest BCUT2D eigenvalue weighted by Crippen LogP contribution is -2.48. The van der Waals surface area contributed by atoms with Crippen molar-refractivity contribution in [3.8, 4) is 5.75 Å². The second-order valence-corrected chi connectivity index (χ2v) is 4.12. The van der Waals surface area contributed by atoms with Crippen LogP contribution >= 0.6 is 0 Å². The predicted octanol–water partition coefficient (Wildman–Crippen LogP) is 0.669. The average molecular weight is 234 g/mol. The number of hydrogen-bond donors (Lipinski definition) is 1. The van der Waals surface area contributed by atoms with Gasteiger partial charge in [-0.15, -0.1) is 0 Å². The van der Waals surface area contributed by atoms with E-state index in [9.17, 15) is 4.79 Å². The van der Waals surface area contributed by atoms with Gasteiger partial charge in [-0.3, -0.25) is 4.79 Å². The van der Waals surface area contributed by atoms with Crippen LogP contribution < -0.4 is 10.1 Å². The molecule has 1 aliphatic heterocycles. The van der Waals surface area contributed by atoms with Crippen molar-refractivity contribution >= 4 is 5.91 Å². The van der Waals surface area contributed by atoms with Gasteiger partial charge in [-0.2, -0.15) is 0 Å². The molecule has 2 rings (SSSR count). The van der Waals surface area contributed by atoms with Crippen LogP contribution in [-0.4, -0.2) is 44.1 Å². The van der Waals surface area contributed by atoms with Crippen LogP contribution in [0.3, 0.4) is 0 Å². The smallest absolute Gasteiger partial charge is 0.236 e. The number of piperazine rings is 1. The van der Waals surface area contributed by atoms with E-state index in [0.29, 0.717) is 6.54 Å². The number of amides is 1. The summed E-state index contributed by atoms with van der Waals surface area (Å²) < 4.78 is 5.30. The van der Waals surface area contributed by atoms with Crippen molar-refractivity contribution in [2.24, 2.45) is 0 Å². The van der Waals surface area contributed by atoms with Crippen LogP contribution in [0.15, 0.2) is 24.3 Å². The van der Waals surface area contributed by atoms with Crippen LogP contribution in [0.4, 0.5) is 0 Å². The Morgan fingerprint density at radius 3 is 3.00 bits per heavy atom. The summed E-state index contributed by atoms with van der Waals surface area (Å²) in [6.45, 7) is 2.92. The highest BCUT2D eigenvalue weighted by molar-refractivity contribution is 5.79. The molecule has 1 fully saturated rings. The maximum atomic E-state index is 11.6. The molecule has 1 heterocycles. The van der Waals surface area contributed by atoms with Gasteiger partial charge in [0, 0.05) is 19.6 Å². The van der Waals surface area contributed by atoms with E-state index in [4.69, 9.17) is 4.74 Å². The third-order valence-corrected chi connectivity index (χ3v) is 3.03. The van der Waals surface area contributed by atoms with E-state index in [1.165, 1.54) is 0 Å². The SMILES string of the molecule is COc1ccccc1CCN1CCNCC1=O. The van der Waals surface area contributed by atoms with Crippen LogP contribution in [0.1, 0.15) is 5.56 Å². The van der Waals surface area contributed by atoms with Crippen LogP contribution in [0.5, 0.6) is 5.75 Å². The Hall–Kier alpha value is -1.55. The zero-order chi connectivity index (χ0) is 12.1. The first-order chi connectivity index (χ1) is 8.31. The molecule has 0 spiro atoms. The molecule has 4 nitrogen and oxygen atoms in total. The Bertz CT molecular complexity index is 393. The molecule has 1 aromatic rings. The highest BCUT2D eigenvalue weighted by atomic mass is 16.5. The van der Waals surface area contributed by atoms with Gasteiger partial charge in [-0.25, -0.2) is 0 Å². The minimum atomic E-state index is 0.186. The van der Waals surface area contributed by atoms with Gasteiger partial charge in [0.15, 0.2) is 0 Å². The number of ether oxygens (including phenoxy) is 1. The second kappa shape index (κ2) is 5.68. The first-order valence-electron chi connectivity index (χ1n) is 5.91. The fourth-order valence-corrected chi connectivity index (χ4v) is 2.05. The van der Waals surface area contributed by atoms with Crippen LogP contribution in [0.2, 0.25) is 0 Å². The largest absolute Gasteiger partial charge is 0.496 e. The third kappa shape index (κ3) is 2.97. The van der Waals surface area contributed by atoms with Crippen molar-refractivity contribution in [1.82, 2.24) is 10.2 Å².